The Morgan fingerprint density at radius 2 is 1.76 bits per heavy atom. The summed E-state index contributed by atoms with van der Waals surface area (Å²) >= 11 is 1.81. The third-order valence-corrected chi connectivity index (χ3v) is 6.70. The number of methoxy groups -OCH3 is 2. The number of aliphatic hydroxyl groups is 1. The molecule has 0 unspecified atom stereocenters. The molecule has 0 atom stereocenters. The number of aromatic nitrogens is 2. The summed E-state index contributed by atoms with van der Waals surface area (Å²) in [6, 6.07) is 16.6. The quantitative estimate of drug-likeness (QED) is 0.275. The third-order valence-electron chi connectivity index (χ3n) is 5.53. The van der Waals surface area contributed by atoms with E-state index in [1.54, 1.807) is 25.6 Å². The highest BCUT2D eigenvalue weighted by Gasteiger charge is 2.13. The predicted octanol–water partition coefficient (Wildman–Crippen LogP) is 4.42. The zero-order valence-corrected chi connectivity index (χ0v) is 20.5. The zero-order chi connectivity index (χ0) is 23.9. The lowest BCUT2D eigenvalue weighted by molar-refractivity contribution is 0.292. The van der Waals surface area contributed by atoms with E-state index in [1.807, 2.05) is 19.1 Å². The first kappa shape index (κ1) is 23.9. The summed E-state index contributed by atoms with van der Waals surface area (Å²) in [6.07, 6.45) is 0.882. The predicted molar refractivity (Wildman–Crippen MR) is 138 cm³/mol. The van der Waals surface area contributed by atoms with Crippen molar-refractivity contribution in [2.45, 2.75) is 19.9 Å². The standard InChI is InChI=1S/C26H30N4O3S/c1-17-29-22-15-24(33-3)23(32-2)14-21(22)26(30-17)28-11-10-19-8-9-25(34-19)20-7-5-4-6-18(20)16-27-12-13-31/h4-9,14-15,27,31H,10-13,16H2,1-3H3,(H,28,29,30). The second-order valence-electron chi connectivity index (χ2n) is 7.84. The molecule has 0 radical (unpaired) electrons. The summed E-state index contributed by atoms with van der Waals surface area (Å²) in [4.78, 5) is 11.7. The van der Waals surface area contributed by atoms with Crippen molar-refractivity contribution in [1.29, 1.82) is 0 Å². The summed E-state index contributed by atoms with van der Waals surface area (Å²) in [7, 11) is 3.25. The van der Waals surface area contributed by atoms with Crippen LogP contribution in [-0.4, -0.2) is 49.0 Å². The van der Waals surface area contributed by atoms with Crippen LogP contribution in [-0.2, 0) is 13.0 Å². The largest absolute Gasteiger partial charge is 0.493 e. The van der Waals surface area contributed by atoms with Crippen LogP contribution >= 0.6 is 11.3 Å². The minimum atomic E-state index is 0.139. The number of benzene rings is 2. The number of fused-ring (bicyclic) bond motifs is 1. The molecule has 0 aliphatic heterocycles. The summed E-state index contributed by atoms with van der Waals surface area (Å²) in [5, 5.41) is 16.7. The van der Waals surface area contributed by atoms with Crippen molar-refractivity contribution in [3.8, 4) is 21.9 Å². The summed E-state index contributed by atoms with van der Waals surface area (Å²) in [5.41, 5.74) is 3.28. The van der Waals surface area contributed by atoms with Crippen LogP contribution in [0, 0.1) is 6.92 Å². The number of nitrogens with one attached hydrogen (secondary N) is 2. The molecule has 0 saturated heterocycles. The monoisotopic (exact) mass is 478 g/mol. The van der Waals surface area contributed by atoms with Gasteiger partial charge in [0, 0.05) is 40.8 Å². The Hall–Kier alpha value is -3.20. The van der Waals surface area contributed by atoms with Crippen molar-refractivity contribution in [3.63, 3.8) is 0 Å². The van der Waals surface area contributed by atoms with Gasteiger partial charge in [-0.15, -0.1) is 11.3 Å². The van der Waals surface area contributed by atoms with Gasteiger partial charge in [0.05, 0.1) is 26.3 Å². The molecule has 0 fully saturated rings. The molecule has 178 valence electrons. The van der Waals surface area contributed by atoms with Gasteiger partial charge in [-0.1, -0.05) is 24.3 Å². The van der Waals surface area contributed by atoms with E-state index in [0.29, 0.717) is 23.9 Å². The Morgan fingerprint density at radius 1 is 0.971 bits per heavy atom. The Morgan fingerprint density at radius 3 is 2.56 bits per heavy atom. The maximum Gasteiger partial charge on any atom is 0.162 e. The Labute approximate surface area is 203 Å². The van der Waals surface area contributed by atoms with Crippen molar-refractivity contribution in [3.05, 3.63) is 64.8 Å². The summed E-state index contributed by atoms with van der Waals surface area (Å²) in [6.45, 7) is 4.10. The summed E-state index contributed by atoms with van der Waals surface area (Å²) < 4.78 is 10.9. The first-order chi connectivity index (χ1) is 16.6. The lowest BCUT2D eigenvalue weighted by atomic mass is 10.1. The smallest absolute Gasteiger partial charge is 0.162 e. The summed E-state index contributed by atoms with van der Waals surface area (Å²) in [5.74, 6) is 2.80. The number of hydrogen-bond acceptors (Lipinski definition) is 8. The van der Waals surface area contributed by atoms with Gasteiger partial charge >= 0.3 is 0 Å². The lowest BCUT2D eigenvalue weighted by Gasteiger charge is -2.13. The molecule has 2 aromatic heterocycles. The second-order valence-corrected chi connectivity index (χ2v) is 9.01. The van der Waals surface area contributed by atoms with E-state index in [2.05, 4.69) is 57.0 Å². The van der Waals surface area contributed by atoms with Crippen LogP contribution in [0.2, 0.25) is 0 Å². The molecular formula is C26H30N4O3S. The van der Waals surface area contributed by atoms with E-state index < -0.39 is 0 Å². The number of aliphatic hydroxyl groups excluding tert-OH is 1. The first-order valence-electron chi connectivity index (χ1n) is 11.3. The number of anilines is 1. The second kappa shape index (κ2) is 11.3. The minimum Gasteiger partial charge on any atom is -0.493 e. The van der Waals surface area contributed by atoms with Crippen LogP contribution in [0.1, 0.15) is 16.3 Å². The third kappa shape index (κ3) is 5.47. The van der Waals surface area contributed by atoms with Crippen LogP contribution < -0.4 is 20.1 Å². The topological polar surface area (TPSA) is 88.5 Å². The first-order valence-corrected chi connectivity index (χ1v) is 12.1. The van der Waals surface area contributed by atoms with E-state index in [-0.39, 0.29) is 6.61 Å². The SMILES string of the molecule is COc1cc2nc(C)nc(NCCc3ccc(-c4ccccc4CNCCO)s3)c2cc1OC. The van der Waals surface area contributed by atoms with E-state index in [4.69, 9.17) is 14.6 Å². The molecule has 0 saturated carbocycles. The molecule has 34 heavy (non-hydrogen) atoms. The highest BCUT2D eigenvalue weighted by molar-refractivity contribution is 7.15. The van der Waals surface area contributed by atoms with Crippen LogP contribution in [0.3, 0.4) is 0 Å². The van der Waals surface area contributed by atoms with E-state index in [1.165, 1.54) is 20.9 Å². The minimum absolute atomic E-state index is 0.139. The van der Waals surface area contributed by atoms with Gasteiger partial charge in [-0.05, 0) is 42.7 Å². The fraction of sp³-hybridized carbons (Fsp3) is 0.308. The zero-order valence-electron chi connectivity index (χ0n) is 19.7. The van der Waals surface area contributed by atoms with Gasteiger partial charge in [-0.2, -0.15) is 0 Å². The Bertz CT molecular complexity index is 1260. The maximum absolute atomic E-state index is 9.04. The molecule has 8 heteroatoms. The van der Waals surface area contributed by atoms with Gasteiger partial charge in [0.1, 0.15) is 11.6 Å². The molecular weight excluding hydrogens is 448 g/mol. The van der Waals surface area contributed by atoms with Crippen molar-refractivity contribution in [1.82, 2.24) is 15.3 Å². The van der Waals surface area contributed by atoms with Gasteiger partial charge in [-0.3, -0.25) is 0 Å². The maximum atomic E-state index is 9.04. The number of aryl methyl sites for hydroxylation is 1. The van der Waals surface area contributed by atoms with Gasteiger partial charge in [0.25, 0.3) is 0 Å². The fourth-order valence-electron chi connectivity index (χ4n) is 3.88. The molecule has 0 amide bonds. The van der Waals surface area contributed by atoms with Gasteiger partial charge in [-0.25, -0.2) is 9.97 Å². The number of hydrogen-bond donors (Lipinski definition) is 3. The number of nitrogens with zero attached hydrogens (tertiary/aromatic N) is 2. The van der Waals surface area contributed by atoms with Gasteiger partial charge in [0.2, 0.25) is 0 Å². The molecule has 0 aliphatic rings. The van der Waals surface area contributed by atoms with Crippen LogP contribution in [0.4, 0.5) is 5.82 Å². The number of thiophene rings is 1. The normalized spacial score (nSPS) is 11.1. The van der Waals surface area contributed by atoms with Crippen molar-refractivity contribution < 1.29 is 14.6 Å². The molecule has 4 aromatic rings. The fourth-order valence-corrected chi connectivity index (χ4v) is 4.95. The number of rotatable bonds is 11. The van der Waals surface area contributed by atoms with Gasteiger partial charge < -0.3 is 25.2 Å². The van der Waals surface area contributed by atoms with Crippen molar-refractivity contribution in [2.24, 2.45) is 0 Å². The highest BCUT2D eigenvalue weighted by Crippen LogP contribution is 2.34. The van der Waals surface area contributed by atoms with E-state index >= 15 is 0 Å². The van der Waals surface area contributed by atoms with E-state index in [9.17, 15) is 0 Å². The van der Waals surface area contributed by atoms with Gasteiger partial charge in [0.15, 0.2) is 11.5 Å². The van der Waals surface area contributed by atoms with Crippen LogP contribution in [0.25, 0.3) is 21.3 Å². The number of ether oxygens (including phenoxy) is 2. The molecule has 4 rings (SSSR count). The van der Waals surface area contributed by atoms with Crippen LogP contribution in [0.5, 0.6) is 11.5 Å². The Kier molecular flexibility index (Phi) is 7.95. The van der Waals surface area contributed by atoms with Crippen LogP contribution in [0.15, 0.2) is 48.5 Å². The lowest BCUT2D eigenvalue weighted by Crippen LogP contribution is -2.17. The molecule has 7 nitrogen and oxygen atoms in total. The molecule has 2 heterocycles. The molecule has 0 aliphatic carbocycles. The molecule has 0 bridgehead atoms. The molecule has 0 spiro atoms. The molecule has 3 N–H and O–H groups in total. The van der Waals surface area contributed by atoms with Crippen molar-refractivity contribution >= 4 is 28.1 Å². The molecule has 2 aromatic carbocycles. The average Bonchev–Trinajstić information content (AvgIpc) is 3.32. The van der Waals surface area contributed by atoms with E-state index in [0.717, 1.165) is 36.2 Å². The van der Waals surface area contributed by atoms with Crippen molar-refractivity contribution in [2.75, 3.05) is 39.2 Å². The highest BCUT2D eigenvalue weighted by atomic mass is 32.1. The average molecular weight is 479 g/mol. The Balaban J connectivity index is 1.47.